The zero-order valence-corrected chi connectivity index (χ0v) is 11.0. The van der Waals surface area contributed by atoms with Crippen molar-refractivity contribution in [1.82, 2.24) is 0 Å². The number of carboxylic acids is 1. The fourth-order valence-corrected chi connectivity index (χ4v) is 2.10. The molecule has 0 radical (unpaired) electrons. The Morgan fingerprint density at radius 1 is 1.00 bits per heavy atom. The van der Waals surface area contributed by atoms with Gasteiger partial charge in [0.05, 0.1) is 11.5 Å². The van der Waals surface area contributed by atoms with Crippen LogP contribution in [0.1, 0.15) is 22.6 Å². The fraction of sp³-hybridized carbons (Fsp3) is 0.188. The van der Waals surface area contributed by atoms with Crippen LogP contribution in [0.25, 0.3) is 0 Å². The summed E-state index contributed by atoms with van der Waals surface area (Å²) in [4.78, 5) is 11.4. The summed E-state index contributed by atoms with van der Waals surface area (Å²) < 4.78 is 37.4. The van der Waals surface area contributed by atoms with E-state index in [1.54, 1.807) is 30.3 Å². The zero-order valence-electron chi connectivity index (χ0n) is 11.0. The van der Waals surface area contributed by atoms with Gasteiger partial charge >= 0.3 is 12.1 Å². The minimum atomic E-state index is -4.38. The third-order valence-corrected chi connectivity index (χ3v) is 3.22. The fourth-order valence-electron chi connectivity index (χ4n) is 2.10. The molecule has 1 unspecified atom stereocenters. The molecule has 2 rings (SSSR count). The van der Waals surface area contributed by atoms with E-state index in [1.165, 1.54) is 12.1 Å². The van der Waals surface area contributed by atoms with Crippen LogP contribution < -0.4 is 0 Å². The molecule has 0 bridgehead atoms. The molecule has 0 aliphatic rings. The minimum absolute atomic E-state index is 0.150. The van der Waals surface area contributed by atoms with Crippen molar-refractivity contribution in [1.29, 1.82) is 0 Å². The largest absolute Gasteiger partial charge is 0.481 e. The van der Waals surface area contributed by atoms with E-state index in [1.807, 2.05) is 0 Å². The SMILES string of the molecule is O=C(O)C(Cc1ccc(C(F)(F)F)cc1)c1ccccc1. The molecule has 2 nitrogen and oxygen atoms in total. The molecule has 110 valence electrons. The highest BCUT2D eigenvalue weighted by molar-refractivity contribution is 5.76. The number of benzene rings is 2. The lowest BCUT2D eigenvalue weighted by atomic mass is 9.92. The number of halogens is 3. The summed E-state index contributed by atoms with van der Waals surface area (Å²) in [6, 6.07) is 13.2. The monoisotopic (exact) mass is 294 g/mol. The number of rotatable bonds is 4. The van der Waals surface area contributed by atoms with E-state index in [0.717, 1.165) is 12.1 Å². The van der Waals surface area contributed by atoms with E-state index < -0.39 is 23.6 Å². The molecule has 1 N–H and O–H groups in total. The number of hydrogen-bond acceptors (Lipinski definition) is 1. The van der Waals surface area contributed by atoms with E-state index in [4.69, 9.17) is 0 Å². The first-order chi connectivity index (χ1) is 9.88. The van der Waals surface area contributed by atoms with Gasteiger partial charge in [-0.2, -0.15) is 13.2 Å². The van der Waals surface area contributed by atoms with Crippen LogP contribution in [0.3, 0.4) is 0 Å². The third-order valence-electron chi connectivity index (χ3n) is 3.22. The lowest BCUT2D eigenvalue weighted by Gasteiger charge is -2.13. The van der Waals surface area contributed by atoms with E-state index >= 15 is 0 Å². The first-order valence-electron chi connectivity index (χ1n) is 6.32. The Morgan fingerprint density at radius 3 is 2.05 bits per heavy atom. The maximum atomic E-state index is 12.5. The quantitative estimate of drug-likeness (QED) is 0.921. The molecule has 0 saturated carbocycles. The summed E-state index contributed by atoms with van der Waals surface area (Å²) in [5, 5.41) is 9.29. The van der Waals surface area contributed by atoms with Crippen molar-refractivity contribution in [3.63, 3.8) is 0 Å². The summed E-state index contributed by atoms with van der Waals surface area (Å²) in [6.07, 6.45) is -4.23. The van der Waals surface area contributed by atoms with E-state index in [2.05, 4.69) is 0 Å². The highest BCUT2D eigenvalue weighted by Gasteiger charge is 2.30. The molecule has 0 saturated heterocycles. The lowest BCUT2D eigenvalue weighted by molar-refractivity contribution is -0.139. The average molecular weight is 294 g/mol. The molecule has 0 amide bonds. The third kappa shape index (κ3) is 3.84. The van der Waals surface area contributed by atoms with E-state index in [0.29, 0.717) is 11.1 Å². The maximum Gasteiger partial charge on any atom is 0.416 e. The molecule has 0 aromatic heterocycles. The van der Waals surface area contributed by atoms with Gasteiger partial charge in [-0.05, 0) is 29.7 Å². The predicted octanol–water partition coefficient (Wildman–Crippen LogP) is 4.12. The second kappa shape index (κ2) is 5.99. The van der Waals surface area contributed by atoms with Gasteiger partial charge < -0.3 is 5.11 Å². The summed E-state index contributed by atoms with van der Waals surface area (Å²) >= 11 is 0. The van der Waals surface area contributed by atoms with Crippen LogP contribution in [-0.4, -0.2) is 11.1 Å². The molecule has 0 heterocycles. The van der Waals surface area contributed by atoms with E-state index in [-0.39, 0.29) is 6.42 Å². The van der Waals surface area contributed by atoms with Gasteiger partial charge in [0.1, 0.15) is 0 Å². The first-order valence-corrected chi connectivity index (χ1v) is 6.32. The van der Waals surface area contributed by atoms with Crippen molar-refractivity contribution in [2.75, 3.05) is 0 Å². The molecule has 0 aliphatic heterocycles. The summed E-state index contributed by atoms with van der Waals surface area (Å²) in [5.41, 5.74) is 0.446. The Hall–Kier alpha value is -2.30. The molecule has 2 aromatic carbocycles. The number of carbonyl (C=O) groups is 1. The van der Waals surface area contributed by atoms with Crippen LogP contribution in [0.2, 0.25) is 0 Å². The van der Waals surface area contributed by atoms with Gasteiger partial charge in [0, 0.05) is 0 Å². The predicted molar refractivity (Wildman–Crippen MR) is 72.0 cm³/mol. The zero-order chi connectivity index (χ0) is 15.5. The van der Waals surface area contributed by atoms with Gasteiger partial charge in [-0.3, -0.25) is 4.79 Å². The normalized spacial score (nSPS) is 12.9. The van der Waals surface area contributed by atoms with Crippen molar-refractivity contribution in [2.45, 2.75) is 18.5 Å². The Kier molecular flexibility index (Phi) is 4.31. The van der Waals surface area contributed by atoms with Crippen LogP contribution in [0.5, 0.6) is 0 Å². The lowest BCUT2D eigenvalue weighted by Crippen LogP contribution is -2.14. The van der Waals surface area contributed by atoms with Crippen LogP contribution in [0.15, 0.2) is 54.6 Å². The van der Waals surface area contributed by atoms with E-state index in [9.17, 15) is 23.1 Å². The van der Waals surface area contributed by atoms with Gasteiger partial charge in [0.25, 0.3) is 0 Å². The molecule has 0 spiro atoms. The van der Waals surface area contributed by atoms with Crippen molar-refractivity contribution >= 4 is 5.97 Å². The molecule has 2 aromatic rings. The molecular weight excluding hydrogens is 281 g/mol. The Labute approximate surface area is 119 Å². The molecule has 21 heavy (non-hydrogen) atoms. The van der Waals surface area contributed by atoms with Crippen LogP contribution in [-0.2, 0) is 17.4 Å². The van der Waals surface area contributed by atoms with Gasteiger partial charge in [0.2, 0.25) is 0 Å². The molecule has 1 atom stereocenters. The number of aliphatic carboxylic acids is 1. The maximum absolute atomic E-state index is 12.5. The summed E-state index contributed by atoms with van der Waals surface area (Å²) in [7, 11) is 0. The number of hydrogen-bond donors (Lipinski definition) is 1. The van der Waals surface area contributed by atoms with Crippen molar-refractivity contribution in [2.24, 2.45) is 0 Å². The Balaban J connectivity index is 2.20. The Bertz CT molecular complexity index is 604. The second-order valence-electron chi connectivity index (χ2n) is 4.70. The van der Waals surface area contributed by atoms with Crippen LogP contribution >= 0.6 is 0 Å². The highest BCUT2D eigenvalue weighted by atomic mass is 19.4. The first kappa shape index (κ1) is 15.1. The van der Waals surface area contributed by atoms with Gasteiger partial charge in [-0.15, -0.1) is 0 Å². The Morgan fingerprint density at radius 2 is 1.57 bits per heavy atom. The number of carboxylic acid groups (broad SMARTS) is 1. The second-order valence-corrected chi connectivity index (χ2v) is 4.70. The van der Waals surface area contributed by atoms with Crippen molar-refractivity contribution in [3.8, 4) is 0 Å². The molecule has 0 fully saturated rings. The van der Waals surface area contributed by atoms with Gasteiger partial charge in [-0.25, -0.2) is 0 Å². The van der Waals surface area contributed by atoms with Crippen molar-refractivity contribution < 1.29 is 23.1 Å². The van der Waals surface area contributed by atoms with Crippen molar-refractivity contribution in [3.05, 3.63) is 71.3 Å². The molecule has 5 heteroatoms. The molecule has 0 aliphatic carbocycles. The minimum Gasteiger partial charge on any atom is -0.481 e. The smallest absolute Gasteiger partial charge is 0.416 e. The number of alkyl halides is 3. The van der Waals surface area contributed by atoms with Crippen LogP contribution in [0, 0.1) is 0 Å². The topological polar surface area (TPSA) is 37.3 Å². The summed E-state index contributed by atoms with van der Waals surface area (Å²) in [5.74, 6) is -1.77. The molecular formula is C16H13F3O2. The average Bonchev–Trinajstić information content (AvgIpc) is 2.45. The van der Waals surface area contributed by atoms with Gasteiger partial charge in [-0.1, -0.05) is 42.5 Å². The standard InChI is InChI=1S/C16H13F3O2/c17-16(18,19)13-8-6-11(7-9-13)10-14(15(20)21)12-4-2-1-3-5-12/h1-9,14H,10H2,(H,20,21). The highest BCUT2D eigenvalue weighted by Crippen LogP contribution is 2.30. The summed E-state index contributed by atoms with van der Waals surface area (Å²) in [6.45, 7) is 0. The van der Waals surface area contributed by atoms with Gasteiger partial charge in [0.15, 0.2) is 0 Å². The van der Waals surface area contributed by atoms with Crippen LogP contribution in [0.4, 0.5) is 13.2 Å².